The number of hydrazine groups is 1. The summed E-state index contributed by atoms with van der Waals surface area (Å²) in [6, 6.07) is 8.87. The third kappa shape index (κ3) is 2.86. The van der Waals surface area contributed by atoms with Crippen molar-refractivity contribution >= 4 is 38.7 Å². The molecule has 0 radical (unpaired) electrons. The molecule has 4 N–H and O–H groups in total. The molecule has 104 valence electrons. The molecule has 0 aliphatic rings. The molecule has 0 spiro atoms. The van der Waals surface area contributed by atoms with E-state index in [-0.39, 0.29) is 22.7 Å². The zero-order valence-electron chi connectivity index (χ0n) is 10.1. The average Bonchev–Trinajstić information content (AvgIpc) is 2.41. The van der Waals surface area contributed by atoms with E-state index in [1.165, 1.54) is 24.3 Å². The number of nitrogens with two attached hydrogens (primary N) is 1. The first-order chi connectivity index (χ1) is 9.52. The fraction of sp³-hybridized carbons (Fsp3) is 0. The van der Waals surface area contributed by atoms with Crippen LogP contribution in [0, 0.1) is 15.9 Å². The van der Waals surface area contributed by atoms with Crippen LogP contribution in [0.25, 0.3) is 0 Å². The van der Waals surface area contributed by atoms with Crippen LogP contribution < -0.4 is 16.6 Å². The Morgan fingerprint density at radius 1 is 1.20 bits per heavy atom. The van der Waals surface area contributed by atoms with Crippen molar-refractivity contribution in [2.45, 2.75) is 0 Å². The number of para-hydroxylation sites is 1. The first-order valence-electron chi connectivity index (χ1n) is 5.49. The van der Waals surface area contributed by atoms with Crippen LogP contribution in [0.2, 0.25) is 0 Å². The molecule has 0 aromatic heterocycles. The van der Waals surface area contributed by atoms with Gasteiger partial charge in [-0.1, -0.05) is 22.0 Å². The fourth-order valence-electron chi connectivity index (χ4n) is 1.69. The van der Waals surface area contributed by atoms with Gasteiger partial charge in [0.15, 0.2) is 0 Å². The van der Waals surface area contributed by atoms with Crippen molar-refractivity contribution in [3.8, 4) is 0 Å². The van der Waals surface area contributed by atoms with Gasteiger partial charge in [0.2, 0.25) is 0 Å². The smallest absolute Gasteiger partial charge is 0.316 e. The quantitative estimate of drug-likeness (QED) is 0.449. The normalized spacial score (nSPS) is 10.2. The minimum Gasteiger partial charge on any atom is -0.347 e. The summed E-state index contributed by atoms with van der Waals surface area (Å²) in [5, 5.41) is 13.8. The van der Waals surface area contributed by atoms with E-state index < -0.39 is 10.7 Å². The van der Waals surface area contributed by atoms with E-state index in [2.05, 4.69) is 26.7 Å². The molecule has 0 heterocycles. The van der Waals surface area contributed by atoms with Crippen LogP contribution in [-0.4, -0.2) is 4.92 Å². The maximum atomic E-state index is 13.7. The van der Waals surface area contributed by atoms with Gasteiger partial charge in [0.1, 0.15) is 17.2 Å². The maximum Gasteiger partial charge on any atom is 0.316 e. The number of hydrogen-bond acceptors (Lipinski definition) is 5. The molecular weight excluding hydrogens is 331 g/mol. The lowest BCUT2D eigenvalue weighted by Gasteiger charge is -2.10. The highest BCUT2D eigenvalue weighted by molar-refractivity contribution is 9.10. The molecule has 0 fully saturated rings. The number of hydrogen-bond donors (Lipinski definition) is 3. The Kier molecular flexibility index (Phi) is 4.16. The highest BCUT2D eigenvalue weighted by Gasteiger charge is 2.19. The van der Waals surface area contributed by atoms with E-state index in [1.54, 1.807) is 12.1 Å². The van der Waals surface area contributed by atoms with E-state index in [0.717, 1.165) is 0 Å². The summed E-state index contributed by atoms with van der Waals surface area (Å²) in [5.74, 6) is 4.71. The number of anilines is 3. The predicted octanol–water partition coefficient (Wildman–Crippen LogP) is 3.53. The topological polar surface area (TPSA) is 93.2 Å². The van der Waals surface area contributed by atoms with Gasteiger partial charge >= 0.3 is 5.69 Å². The van der Waals surface area contributed by atoms with E-state index in [1.807, 2.05) is 0 Å². The van der Waals surface area contributed by atoms with Crippen molar-refractivity contribution in [2.24, 2.45) is 5.84 Å². The number of nitrogens with one attached hydrogen (secondary N) is 2. The Hall–Kier alpha value is -2.19. The first-order valence-corrected chi connectivity index (χ1v) is 6.28. The van der Waals surface area contributed by atoms with E-state index in [4.69, 9.17) is 5.84 Å². The van der Waals surface area contributed by atoms with Crippen LogP contribution in [0.1, 0.15) is 0 Å². The summed E-state index contributed by atoms with van der Waals surface area (Å²) in [7, 11) is 0. The molecule has 0 aliphatic carbocycles. The molecule has 8 heteroatoms. The van der Waals surface area contributed by atoms with E-state index >= 15 is 0 Å². The van der Waals surface area contributed by atoms with Crippen molar-refractivity contribution in [2.75, 3.05) is 10.7 Å². The number of benzene rings is 2. The van der Waals surface area contributed by atoms with Crippen molar-refractivity contribution in [3.05, 3.63) is 56.8 Å². The van der Waals surface area contributed by atoms with Crippen LogP contribution in [0.3, 0.4) is 0 Å². The van der Waals surface area contributed by atoms with Gasteiger partial charge in [0.05, 0.1) is 10.6 Å². The zero-order chi connectivity index (χ0) is 14.7. The Labute approximate surface area is 122 Å². The number of nitro groups is 1. The van der Waals surface area contributed by atoms with Crippen molar-refractivity contribution in [1.29, 1.82) is 0 Å². The summed E-state index contributed by atoms with van der Waals surface area (Å²) in [6.45, 7) is 0. The minimum atomic E-state index is -0.589. The third-order valence-corrected chi connectivity index (χ3v) is 3.07. The van der Waals surface area contributed by atoms with Crippen molar-refractivity contribution in [1.82, 2.24) is 0 Å². The SMILES string of the molecule is NNc1cccc(Nc2ccc(Br)cc2F)c1[N+](=O)[O-]. The standard InChI is InChI=1S/C12H10BrFN4O2/c13-7-4-5-9(8(14)6-7)16-10-2-1-3-11(17-15)12(10)18(19)20/h1-6,16-17H,15H2. The summed E-state index contributed by atoms with van der Waals surface area (Å²) in [5.41, 5.74) is 2.40. The summed E-state index contributed by atoms with van der Waals surface area (Å²) in [6.07, 6.45) is 0. The van der Waals surface area contributed by atoms with E-state index in [0.29, 0.717) is 4.47 Å². The molecule has 6 nitrogen and oxygen atoms in total. The summed E-state index contributed by atoms with van der Waals surface area (Å²) < 4.78 is 14.3. The van der Waals surface area contributed by atoms with Crippen LogP contribution in [0.4, 0.5) is 27.1 Å². The van der Waals surface area contributed by atoms with Crippen LogP contribution >= 0.6 is 15.9 Å². The molecule has 2 aromatic rings. The highest BCUT2D eigenvalue weighted by atomic mass is 79.9. The lowest BCUT2D eigenvalue weighted by Crippen LogP contribution is -2.10. The maximum absolute atomic E-state index is 13.7. The number of nitrogens with zero attached hydrogens (tertiary/aromatic N) is 1. The molecule has 0 bridgehead atoms. The zero-order valence-corrected chi connectivity index (χ0v) is 11.6. The number of nitrogen functional groups attached to an aromatic ring is 1. The summed E-state index contributed by atoms with van der Waals surface area (Å²) >= 11 is 3.14. The third-order valence-electron chi connectivity index (χ3n) is 2.57. The molecule has 20 heavy (non-hydrogen) atoms. The van der Waals surface area contributed by atoms with Gasteiger partial charge in [0, 0.05) is 4.47 Å². The van der Waals surface area contributed by atoms with Crippen molar-refractivity contribution < 1.29 is 9.31 Å². The van der Waals surface area contributed by atoms with Gasteiger partial charge in [-0.3, -0.25) is 16.0 Å². The lowest BCUT2D eigenvalue weighted by molar-refractivity contribution is -0.383. The molecule has 0 saturated heterocycles. The Morgan fingerprint density at radius 3 is 2.50 bits per heavy atom. The van der Waals surface area contributed by atoms with Crippen LogP contribution in [-0.2, 0) is 0 Å². The molecule has 0 amide bonds. The Balaban J connectivity index is 2.45. The molecule has 0 aliphatic heterocycles. The molecule has 2 aromatic carbocycles. The van der Waals surface area contributed by atoms with Gasteiger partial charge in [-0.25, -0.2) is 4.39 Å². The number of rotatable bonds is 4. The van der Waals surface area contributed by atoms with Gasteiger partial charge in [-0.05, 0) is 30.3 Å². The predicted molar refractivity (Wildman–Crippen MR) is 78.3 cm³/mol. The molecule has 0 saturated carbocycles. The second-order valence-electron chi connectivity index (χ2n) is 3.85. The average molecular weight is 341 g/mol. The molecular formula is C12H10BrFN4O2. The molecule has 0 unspecified atom stereocenters. The van der Waals surface area contributed by atoms with Crippen LogP contribution in [0.15, 0.2) is 40.9 Å². The Bertz CT molecular complexity index is 666. The van der Waals surface area contributed by atoms with Gasteiger partial charge in [-0.15, -0.1) is 0 Å². The molecule has 0 atom stereocenters. The highest BCUT2D eigenvalue weighted by Crippen LogP contribution is 2.35. The van der Waals surface area contributed by atoms with E-state index in [9.17, 15) is 14.5 Å². The first kappa shape index (κ1) is 14.2. The number of nitro benzene ring substituents is 1. The fourth-order valence-corrected chi connectivity index (χ4v) is 2.03. The van der Waals surface area contributed by atoms with Gasteiger partial charge < -0.3 is 10.7 Å². The second kappa shape index (κ2) is 5.85. The minimum absolute atomic E-state index is 0.130. The van der Waals surface area contributed by atoms with Crippen LogP contribution in [0.5, 0.6) is 0 Å². The number of halogens is 2. The van der Waals surface area contributed by atoms with Crippen molar-refractivity contribution in [3.63, 3.8) is 0 Å². The molecule has 2 rings (SSSR count). The monoisotopic (exact) mass is 340 g/mol. The summed E-state index contributed by atoms with van der Waals surface area (Å²) in [4.78, 5) is 10.5. The second-order valence-corrected chi connectivity index (χ2v) is 4.77. The lowest BCUT2D eigenvalue weighted by atomic mass is 10.2. The van der Waals surface area contributed by atoms with Gasteiger partial charge in [-0.2, -0.15) is 0 Å². The van der Waals surface area contributed by atoms with Gasteiger partial charge in [0.25, 0.3) is 0 Å². The Morgan fingerprint density at radius 2 is 1.90 bits per heavy atom. The largest absolute Gasteiger partial charge is 0.347 e.